The molecule has 0 aliphatic heterocycles. The molecule has 142 valence electrons. The Morgan fingerprint density at radius 3 is 2.38 bits per heavy atom. The summed E-state index contributed by atoms with van der Waals surface area (Å²) in [7, 11) is 0. The first kappa shape index (κ1) is 19.4. The van der Waals surface area contributed by atoms with Gasteiger partial charge in [-0.05, 0) is 19.9 Å². The highest BCUT2D eigenvalue weighted by Crippen LogP contribution is 2.28. The highest BCUT2D eigenvalue weighted by atomic mass is 19.3. The fourth-order valence-corrected chi connectivity index (χ4v) is 2.21. The van der Waals surface area contributed by atoms with Crippen molar-refractivity contribution in [2.75, 3.05) is 5.32 Å². The van der Waals surface area contributed by atoms with Crippen LogP contribution in [0.5, 0.6) is 0 Å². The van der Waals surface area contributed by atoms with E-state index in [9.17, 15) is 27.2 Å². The molecule has 1 atom stereocenters. The molecule has 3 N–H and O–H groups in total. The van der Waals surface area contributed by atoms with Crippen LogP contribution < -0.4 is 11.1 Å². The van der Waals surface area contributed by atoms with Crippen molar-refractivity contribution in [3.63, 3.8) is 0 Å². The first-order valence-electron chi connectivity index (χ1n) is 7.49. The van der Waals surface area contributed by atoms with Gasteiger partial charge in [0.25, 0.3) is 18.8 Å². The Kier molecular flexibility index (Phi) is 5.63. The molecule has 1 unspecified atom stereocenters. The first-order chi connectivity index (χ1) is 12.1. The summed E-state index contributed by atoms with van der Waals surface area (Å²) in [5.74, 6) is -1.75. The molecule has 2 rings (SSSR count). The van der Waals surface area contributed by atoms with E-state index in [1.54, 1.807) is 6.92 Å². The van der Waals surface area contributed by atoms with E-state index in [1.165, 1.54) is 17.8 Å². The number of halogens is 4. The zero-order valence-electron chi connectivity index (χ0n) is 13.8. The quantitative estimate of drug-likeness (QED) is 0.723. The zero-order chi connectivity index (χ0) is 19.6. The van der Waals surface area contributed by atoms with Crippen LogP contribution in [0.25, 0.3) is 0 Å². The van der Waals surface area contributed by atoms with Crippen LogP contribution in [0.15, 0.2) is 12.3 Å². The summed E-state index contributed by atoms with van der Waals surface area (Å²) in [6.07, 6.45) is -4.82. The standard InChI is InChI=1S/C14H16F4N6O2/c1-3-23-5-8(10(22-23)13(19)25)20-14(26)6(2)24-9(12(17)18)4-7(21-24)11(15)16/h4-6,11-12H,3H2,1-2H3,(H2,19,25)(H,20,26). The van der Waals surface area contributed by atoms with Crippen molar-refractivity contribution in [1.82, 2.24) is 19.6 Å². The SMILES string of the molecule is CCn1cc(NC(=O)C(C)n2nc(C(F)F)cc2C(F)F)c(C(N)=O)n1. The molecule has 0 radical (unpaired) electrons. The molecule has 0 aliphatic rings. The van der Waals surface area contributed by atoms with Gasteiger partial charge in [0, 0.05) is 12.7 Å². The minimum Gasteiger partial charge on any atom is -0.364 e. The zero-order valence-corrected chi connectivity index (χ0v) is 13.8. The second-order valence-corrected chi connectivity index (χ2v) is 5.32. The summed E-state index contributed by atoms with van der Waals surface area (Å²) in [5, 5.41) is 9.59. The van der Waals surface area contributed by atoms with Gasteiger partial charge in [0.1, 0.15) is 17.4 Å². The summed E-state index contributed by atoms with van der Waals surface area (Å²) in [6.45, 7) is 3.33. The number of carbonyl (C=O) groups is 2. The third-order valence-corrected chi connectivity index (χ3v) is 3.55. The van der Waals surface area contributed by atoms with Crippen LogP contribution in [0.3, 0.4) is 0 Å². The molecule has 0 saturated heterocycles. The molecule has 0 saturated carbocycles. The normalized spacial score (nSPS) is 12.6. The average Bonchev–Trinajstić information content (AvgIpc) is 3.18. The molecule has 2 heterocycles. The molecule has 2 aromatic rings. The minimum atomic E-state index is -3.10. The van der Waals surface area contributed by atoms with Crippen molar-refractivity contribution in [1.29, 1.82) is 0 Å². The van der Waals surface area contributed by atoms with Crippen molar-refractivity contribution in [2.45, 2.75) is 39.3 Å². The largest absolute Gasteiger partial charge is 0.364 e. The number of anilines is 1. The molecule has 0 aromatic carbocycles. The number of hydrogen-bond acceptors (Lipinski definition) is 4. The van der Waals surface area contributed by atoms with E-state index in [4.69, 9.17) is 5.73 Å². The van der Waals surface area contributed by atoms with Crippen LogP contribution in [0.1, 0.15) is 54.6 Å². The molecule has 0 bridgehead atoms. The maximum Gasteiger partial charge on any atom is 0.282 e. The molecular formula is C14H16F4N6O2. The van der Waals surface area contributed by atoms with Crippen molar-refractivity contribution in [3.8, 4) is 0 Å². The number of nitrogens with two attached hydrogens (primary N) is 1. The van der Waals surface area contributed by atoms with E-state index < -0.39 is 42.1 Å². The molecule has 0 spiro atoms. The van der Waals surface area contributed by atoms with Crippen LogP contribution >= 0.6 is 0 Å². The van der Waals surface area contributed by atoms with Gasteiger partial charge in [-0.1, -0.05) is 0 Å². The maximum atomic E-state index is 13.1. The fourth-order valence-electron chi connectivity index (χ4n) is 2.21. The third-order valence-electron chi connectivity index (χ3n) is 3.55. The summed E-state index contributed by atoms with van der Waals surface area (Å²) in [5.41, 5.74) is 3.27. The van der Waals surface area contributed by atoms with E-state index >= 15 is 0 Å². The van der Waals surface area contributed by atoms with E-state index in [-0.39, 0.29) is 11.4 Å². The molecule has 2 amide bonds. The molecule has 26 heavy (non-hydrogen) atoms. The van der Waals surface area contributed by atoms with Crippen molar-refractivity contribution in [2.24, 2.45) is 5.73 Å². The Bertz CT molecular complexity index is 816. The second kappa shape index (κ2) is 7.54. The van der Waals surface area contributed by atoms with Crippen LogP contribution in [0.4, 0.5) is 23.2 Å². The Labute approximate surface area is 144 Å². The van der Waals surface area contributed by atoms with E-state index in [1.807, 2.05) is 0 Å². The lowest BCUT2D eigenvalue weighted by molar-refractivity contribution is -0.119. The maximum absolute atomic E-state index is 13.1. The topological polar surface area (TPSA) is 108 Å². The Hall–Kier alpha value is -2.92. The van der Waals surface area contributed by atoms with Crippen molar-refractivity contribution >= 4 is 17.5 Å². The van der Waals surface area contributed by atoms with Crippen molar-refractivity contribution in [3.05, 3.63) is 29.3 Å². The van der Waals surface area contributed by atoms with Crippen LogP contribution in [0, 0.1) is 0 Å². The predicted molar refractivity (Wildman–Crippen MR) is 81.9 cm³/mol. The lowest BCUT2D eigenvalue weighted by Gasteiger charge is -2.15. The third kappa shape index (κ3) is 3.83. The lowest BCUT2D eigenvalue weighted by Crippen LogP contribution is -2.27. The number of rotatable bonds is 7. The summed E-state index contributed by atoms with van der Waals surface area (Å²) >= 11 is 0. The van der Waals surface area contributed by atoms with E-state index in [0.29, 0.717) is 17.3 Å². The number of carbonyl (C=O) groups excluding carboxylic acids is 2. The smallest absolute Gasteiger partial charge is 0.282 e. The van der Waals surface area contributed by atoms with Gasteiger partial charge < -0.3 is 11.1 Å². The van der Waals surface area contributed by atoms with Gasteiger partial charge in [0.05, 0.1) is 5.69 Å². The Morgan fingerprint density at radius 2 is 1.88 bits per heavy atom. The molecule has 2 aromatic heterocycles. The molecule has 0 aliphatic carbocycles. The van der Waals surface area contributed by atoms with Crippen LogP contribution in [0.2, 0.25) is 0 Å². The molecular weight excluding hydrogens is 360 g/mol. The monoisotopic (exact) mass is 376 g/mol. The number of aromatic nitrogens is 4. The van der Waals surface area contributed by atoms with Gasteiger partial charge in [-0.3, -0.25) is 19.0 Å². The van der Waals surface area contributed by atoms with Gasteiger partial charge in [-0.25, -0.2) is 17.6 Å². The van der Waals surface area contributed by atoms with Crippen molar-refractivity contribution < 1.29 is 27.2 Å². The molecule has 8 nitrogen and oxygen atoms in total. The first-order valence-corrected chi connectivity index (χ1v) is 7.49. The fraction of sp³-hybridized carbons (Fsp3) is 0.429. The van der Waals surface area contributed by atoms with Gasteiger partial charge >= 0.3 is 0 Å². The summed E-state index contributed by atoms with van der Waals surface area (Å²) < 4.78 is 53.5. The van der Waals surface area contributed by atoms with Gasteiger partial charge in [0.15, 0.2) is 5.69 Å². The van der Waals surface area contributed by atoms with Gasteiger partial charge in [-0.2, -0.15) is 10.2 Å². The minimum absolute atomic E-state index is 0.0176. The highest BCUT2D eigenvalue weighted by molar-refractivity contribution is 6.02. The Balaban J connectivity index is 2.31. The van der Waals surface area contributed by atoms with E-state index in [0.717, 1.165) is 0 Å². The number of hydrogen-bond donors (Lipinski definition) is 2. The molecule has 12 heteroatoms. The second-order valence-electron chi connectivity index (χ2n) is 5.32. The van der Waals surface area contributed by atoms with E-state index in [2.05, 4.69) is 15.5 Å². The number of amides is 2. The van der Waals surface area contributed by atoms with Gasteiger partial charge in [0.2, 0.25) is 5.91 Å². The number of alkyl halides is 4. The summed E-state index contributed by atoms with van der Waals surface area (Å²) in [6, 6.07) is -0.805. The number of primary amides is 1. The average molecular weight is 376 g/mol. The number of nitrogens with zero attached hydrogens (tertiary/aromatic N) is 4. The Morgan fingerprint density at radius 1 is 1.23 bits per heavy atom. The van der Waals surface area contributed by atoms with Gasteiger partial charge in [-0.15, -0.1) is 0 Å². The van der Waals surface area contributed by atoms with Crippen LogP contribution in [-0.2, 0) is 11.3 Å². The number of aryl methyl sites for hydroxylation is 1. The molecule has 0 fully saturated rings. The summed E-state index contributed by atoms with van der Waals surface area (Å²) in [4.78, 5) is 23.7. The van der Waals surface area contributed by atoms with Crippen LogP contribution in [-0.4, -0.2) is 31.4 Å². The highest BCUT2D eigenvalue weighted by Gasteiger charge is 2.28. The lowest BCUT2D eigenvalue weighted by atomic mass is 10.2. The number of nitrogens with one attached hydrogen (secondary N) is 1. The predicted octanol–water partition coefficient (Wildman–Crippen LogP) is 2.27.